The second-order valence-corrected chi connectivity index (χ2v) is 6.64. The maximum atomic E-state index is 12.0. The van der Waals surface area contributed by atoms with Crippen molar-refractivity contribution in [3.63, 3.8) is 0 Å². The molecule has 3 atom stereocenters. The fourth-order valence-corrected chi connectivity index (χ4v) is 3.27. The molecule has 6 nitrogen and oxygen atoms in total. The number of hydrogen-bond acceptors (Lipinski definition) is 3. The Hall–Kier alpha value is -1.56. The van der Waals surface area contributed by atoms with Gasteiger partial charge < -0.3 is 15.4 Å². The zero-order chi connectivity index (χ0) is 16.8. The number of nitrogens with one attached hydrogen (secondary N) is 2. The van der Waals surface area contributed by atoms with Crippen LogP contribution in [0.3, 0.4) is 0 Å². The van der Waals surface area contributed by atoms with Gasteiger partial charge in [0.05, 0.1) is 24.4 Å². The van der Waals surface area contributed by atoms with Crippen LogP contribution in [0.2, 0.25) is 0 Å². The van der Waals surface area contributed by atoms with E-state index in [-0.39, 0.29) is 12.1 Å². The Bertz CT molecular complexity index is 515. The van der Waals surface area contributed by atoms with Crippen LogP contribution in [0.25, 0.3) is 0 Å². The lowest BCUT2D eigenvalue weighted by atomic mass is 9.88. The van der Waals surface area contributed by atoms with Crippen LogP contribution in [0.15, 0.2) is 6.20 Å². The van der Waals surface area contributed by atoms with Gasteiger partial charge in [0, 0.05) is 25.4 Å². The second kappa shape index (κ2) is 8.34. The lowest BCUT2D eigenvalue weighted by molar-refractivity contribution is -0.00244. The Balaban J connectivity index is 1.66. The molecule has 2 N–H and O–H groups in total. The van der Waals surface area contributed by atoms with E-state index >= 15 is 0 Å². The predicted molar refractivity (Wildman–Crippen MR) is 90.3 cm³/mol. The minimum atomic E-state index is -0.166. The number of aromatic nitrogens is 2. The summed E-state index contributed by atoms with van der Waals surface area (Å²) in [7, 11) is 1.88. The van der Waals surface area contributed by atoms with Gasteiger partial charge in [-0.1, -0.05) is 19.8 Å². The van der Waals surface area contributed by atoms with Gasteiger partial charge in [-0.15, -0.1) is 0 Å². The van der Waals surface area contributed by atoms with Gasteiger partial charge in [-0.2, -0.15) is 5.10 Å². The molecule has 6 heteroatoms. The van der Waals surface area contributed by atoms with Crippen LogP contribution in [-0.2, 0) is 11.8 Å². The SMILES string of the molecule is Cc1nn(C)cc1[C@H](C)NC(=O)NCCO[C@@H]1CCCC[C@H]1C. The topological polar surface area (TPSA) is 68.2 Å². The molecule has 0 saturated heterocycles. The van der Waals surface area contributed by atoms with Crippen molar-refractivity contribution in [3.8, 4) is 0 Å². The zero-order valence-corrected chi connectivity index (χ0v) is 14.8. The number of urea groups is 1. The first-order valence-corrected chi connectivity index (χ1v) is 8.63. The third kappa shape index (κ3) is 5.23. The molecule has 1 fully saturated rings. The Kier molecular flexibility index (Phi) is 6.45. The molecular weight excluding hydrogens is 292 g/mol. The van der Waals surface area contributed by atoms with Crippen molar-refractivity contribution in [1.82, 2.24) is 20.4 Å². The summed E-state index contributed by atoms with van der Waals surface area (Å²) in [6.45, 7) is 7.27. The van der Waals surface area contributed by atoms with Crippen molar-refractivity contribution >= 4 is 6.03 Å². The average molecular weight is 322 g/mol. The molecule has 2 amide bonds. The lowest BCUT2D eigenvalue weighted by Gasteiger charge is -2.28. The van der Waals surface area contributed by atoms with Crippen LogP contribution < -0.4 is 10.6 Å². The van der Waals surface area contributed by atoms with E-state index in [0.717, 1.165) is 17.7 Å². The highest BCUT2D eigenvalue weighted by Gasteiger charge is 2.21. The van der Waals surface area contributed by atoms with Gasteiger partial charge in [0.1, 0.15) is 0 Å². The molecule has 0 aromatic carbocycles. The monoisotopic (exact) mass is 322 g/mol. The molecule has 0 aliphatic heterocycles. The number of carbonyl (C=O) groups excluding carboxylic acids is 1. The smallest absolute Gasteiger partial charge is 0.315 e. The summed E-state index contributed by atoms with van der Waals surface area (Å²) in [6.07, 6.45) is 7.25. The van der Waals surface area contributed by atoms with Gasteiger partial charge in [-0.25, -0.2) is 4.79 Å². The Morgan fingerprint density at radius 2 is 2.22 bits per heavy atom. The van der Waals surface area contributed by atoms with Crippen LogP contribution in [-0.4, -0.2) is 35.1 Å². The van der Waals surface area contributed by atoms with Gasteiger partial charge in [0.15, 0.2) is 0 Å². The van der Waals surface area contributed by atoms with Gasteiger partial charge >= 0.3 is 6.03 Å². The van der Waals surface area contributed by atoms with E-state index in [4.69, 9.17) is 4.74 Å². The number of ether oxygens (including phenoxy) is 1. The summed E-state index contributed by atoms with van der Waals surface area (Å²) in [5.74, 6) is 0.631. The van der Waals surface area contributed by atoms with Crippen LogP contribution >= 0.6 is 0 Å². The Morgan fingerprint density at radius 1 is 1.48 bits per heavy atom. The van der Waals surface area contributed by atoms with E-state index in [2.05, 4.69) is 22.7 Å². The number of aryl methyl sites for hydroxylation is 2. The Labute approximate surface area is 139 Å². The van der Waals surface area contributed by atoms with Crippen molar-refractivity contribution in [2.75, 3.05) is 13.2 Å². The van der Waals surface area contributed by atoms with E-state index in [1.807, 2.05) is 27.1 Å². The van der Waals surface area contributed by atoms with Crippen LogP contribution in [0.4, 0.5) is 4.79 Å². The molecule has 0 spiro atoms. The average Bonchev–Trinajstić information content (AvgIpc) is 2.84. The van der Waals surface area contributed by atoms with E-state index in [1.165, 1.54) is 19.3 Å². The largest absolute Gasteiger partial charge is 0.376 e. The highest BCUT2D eigenvalue weighted by molar-refractivity contribution is 5.74. The zero-order valence-electron chi connectivity index (χ0n) is 14.8. The minimum absolute atomic E-state index is 0.0667. The van der Waals surface area contributed by atoms with E-state index in [0.29, 0.717) is 25.2 Å². The third-order valence-corrected chi connectivity index (χ3v) is 4.62. The first-order valence-electron chi connectivity index (χ1n) is 8.63. The van der Waals surface area contributed by atoms with E-state index < -0.39 is 0 Å². The number of rotatable bonds is 6. The first-order chi connectivity index (χ1) is 11.0. The molecule has 1 aliphatic carbocycles. The summed E-state index contributed by atoms with van der Waals surface area (Å²) in [5, 5.41) is 10.1. The summed E-state index contributed by atoms with van der Waals surface area (Å²) in [5.41, 5.74) is 1.98. The lowest BCUT2D eigenvalue weighted by Crippen LogP contribution is -2.39. The van der Waals surface area contributed by atoms with Crippen LogP contribution in [0.5, 0.6) is 0 Å². The maximum absolute atomic E-state index is 12.0. The van der Waals surface area contributed by atoms with Gasteiger partial charge in [-0.3, -0.25) is 4.68 Å². The number of nitrogens with zero attached hydrogens (tertiary/aromatic N) is 2. The molecule has 1 heterocycles. The van der Waals surface area contributed by atoms with Gasteiger partial charge in [-0.05, 0) is 32.6 Å². The maximum Gasteiger partial charge on any atom is 0.315 e. The highest BCUT2D eigenvalue weighted by atomic mass is 16.5. The molecule has 23 heavy (non-hydrogen) atoms. The standard InChI is InChI=1S/C17H30N4O2/c1-12-7-5-6-8-16(12)23-10-9-18-17(22)19-13(2)15-11-21(4)20-14(15)3/h11-13,16H,5-10H2,1-4H3,(H2,18,19,22)/t12-,13+,16-/m1/s1. The minimum Gasteiger partial charge on any atom is -0.376 e. The molecule has 130 valence electrons. The van der Waals surface area contributed by atoms with Crippen molar-refractivity contribution < 1.29 is 9.53 Å². The summed E-state index contributed by atoms with van der Waals surface area (Å²) >= 11 is 0. The molecular formula is C17H30N4O2. The third-order valence-electron chi connectivity index (χ3n) is 4.62. The Morgan fingerprint density at radius 3 is 2.87 bits per heavy atom. The van der Waals surface area contributed by atoms with Crippen molar-refractivity contribution in [3.05, 3.63) is 17.5 Å². The quantitative estimate of drug-likeness (QED) is 0.791. The van der Waals surface area contributed by atoms with Gasteiger partial charge in [0.25, 0.3) is 0 Å². The second-order valence-electron chi connectivity index (χ2n) is 6.64. The van der Waals surface area contributed by atoms with Gasteiger partial charge in [0.2, 0.25) is 0 Å². The molecule has 0 unspecified atom stereocenters. The normalized spacial score (nSPS) is 22.6. The summed E-state index contributed by atoms with van der Waals surface area (Å²) < 4.78 is 7.67. The molecule has 1 aliphatic rings. The number of amides is 2. The fourth-order valence-electron chi connectivity index (χ4n) is 3.27. The van der Waals surface area contributed by atoms with Crippen LogP contribution in [0, 0.1) is 12.8 Å². The number of hydrogen-bond donors (Lipinski definition) is 2. The molecule has 2 rings (SSSR count). The molecule has 0 bridgehead atoms. The number of carbonyl (C=O) groups is 1. The molecule has 1 aromatic rings. The molecule has 0 radical (unpaired) electrons. The highest BCUT2D eigenvalue weighted by Crippen LogP contribution is 2.25. The van der Waals surface area contributed by atoms with E-state index in [1.54, 1.807) is 4.68 Å². The van der Waals surface area contributed by atoms with Crippen molar-refractivity contribution in [2.45, 2.75) is 58.6 Å². The van der Waals surface area contributed by atoms with Crippen molar-refractivity contribution in [1.29, 1.82) is 0 Å². The summed E-state index contributed by atoms with van der Waals surface area (Å²) in [4.78, 5) is 12.0. The van der Waals surface area contributed by atoms with E-state index in [9.17, 15) is 4.79 Å². The first kappa shape index (κ1) is 17.8. The molecule has 1 saturated carbocycles. The van der Waals surface area contributed by atoms with Crippen LogP contribution in [0.1, 0.15) is 56.8 Å². The molecule has 1 aromatic heterocycles. The predicted octanol–water partition coefficient (Wildman–Crippen LogP) is 2.68. The fraction of sp³-hybridized carbons (Fsp3) is 0.765. The summed E-state index contributed by atoms with van der Waals surface area (Å²) in [6, 6.07) is -0.232. The van der Waals surface area contributed by atoms with Crippen molar-refractivity contribution in [2.24, 2.45) is 13.0 Å².